The summed E-state index contributed by atoms with van der Waals surface area (Å²) in [6, 6.07) is 13.3. The van der Waals surface area contributed by atoms with Crippen molar-refractivity contribution in [3.05, 3.63) is 77.9 Å². The summed E-state index contributed by atoms with van der Waals surface area (Å²) in [5.41, 5.74) is 3.64. The SMILES string of the molecule is O=C1NCN(Cc2ccnc(OCc3ccoc3)c2)c2ccccc21. The van der Waals surface area contributed by atoms with E-state index in [2.05, 4.69) is 15.2 Å². The maximum absolute atomic E-state index is 12.0. The summed E-state index contributed by atoms with van der Waals surface area (Å²) in [6.07, 6.45) is 5.00. The number of benzene rings is 1. The fourth-order valence-corrected chi connectivity index (χ4v) is 2.81. The second kappa shape index (κ2) is 6.68. The van der Waals surface area contributed by atoms with E-state index in [1.807, 2.05) is 42.5 Å². The van der Waals surface area contributed by atoms with Crippen molar-refractivity contribution in [2.24, 2.45) is 0 Å². The standard InChI is InChI=1S/C19H17N3O3/c23-19-16-3-1-2-4-17(16)22(13-21-19)10-14-5-7-20-18(9-14)25-12-15-6-8-24-11-15/h1-9,11H,10,12-13H2,(H,21,23). The number of nitrogens with one attached hydrogen (secondary N) is 1. The Kier molecular flexibility index (Phi) is 4.08. The van der Waals surface area contributed by atoms with Gasteiger partial charge in [0.05, 0.1) is 30.4 Å². The first-order valence-electron chi connectivity index (χ1n) is 8.00. The van der Waals surface area contributed by atoms with Gasteiger partial charge < -0.3 is 19.4 Å². The van der Waals surface area contributed by atoms with Crippen LogP contribution in [0.3, 0.4) is 0 Å². The molecular formula is C19H17N3O3. The van der Waals surface area contributed by atoms with E-state index >= 15 is 0 Å². The van der Waals surface area contributed by atoms with Crippen molar-refractivity contribution < 1.29 is 13.9 Å². The first kappa shape index (κ1) is 15.3. The first-order valence-corrected chi connectivity index (χ1v) is 8.00. The number of fused-ring (bicyclic) bond motifs is 1. The van der Waals surface area contributed by atoms with Crippen LogP contribution in [0.25, 0.3) is 0 Å². The minimum Gasteiger partial charge on any atom is -0.473 e. The van der Waals surface area contributed by atoms with Gasteiger partial charge in [0.2, 0.25) is 5.88 Å². The number of pyridine rings is 1. The van der Waals surface area contributed by atoms with E-state index in [0.29, 0.717) is 31.3 Å². The van der Waals surface area contributed by atoms with Crippen LogP contribution >= 0.6 is 0 Å². The molecule has 126 valence electrons. The molecule has 1 N–H and O–H groups in total. The van der Waals surface area contributed by atoms with E-state index in [-0.39, 0.29) is 5.91 Å². The molecule has 6 heteroatoms. The predicted molar refractivity (Wildman–Crippen MR) is 92.2 cm³/mol. The van der Waals surface area contributed by atoms with Gasteiger partial charge >= 0.3 is 0 Å². The smallest absolute Gasteiger partial charge is 0.254 e. The molecule has 3 aromatic rings. The van der Waals surface area contributed by atoms with Gasteiger partial charge in [-0.2, -0.15) is 0 Å². The van der Waals surface area contributed by atoms with Crippen molar-refractivity contribution in [2.75, 3.05) is 11.6 Å². The topological polar surface area (TPSA) is 67.6 Å². The number of nitrogens with zero attached hydrogens (tertiary/aromatic N) is 2. The summed E-state index contributed by atoms with van der Waals surface area (Å²) < 4.78 is 10.7. The maximum atomic E-state index is 12.0. The van der Waals surface area contributed by atoms with Crippen LogP contribution in [0.1, 0.15) is 21.5 Å². The van der Waals surface area contributed by atoms with E-state index in [0.717, 1.165) is 16.8 Å². The summed E-state index contributed by atoms with van der Waals surface area (Å²) in [7, 11) is 0. The number of anilines is 1. The second-order valence-corrected chi connectivity index (χ2v) is 5.80. The van der Waals surface area contributed by atoms with Crippen LogP contribution in [0.5, 0.6) is 5.88 Å². The molecule has 1 aliphatic heterocycles. The van der Waals surface area contributed by atoms with Crippen LogP contribution in [-0.2, 0) is 13.2 Å². The van der Waals surface area contributed by atoms with Crippen LogP contribution < -0.4 is 15.0 Å². The average Bonchev–Trinajstić information content (AvgIpc) is 3.17. The fraction of sp³-hybridized carbons (Fsp3) is 0.158. The predicted octanol–water partition coefficient (Wildman–Crippen LogP) is 2.96. The summed E-state index contributed by atoms with van der Waals surface area (Å²) >= 11 is 0. The molecule has 0 aliphatic carbocycles. The Bertz CT molecular complexity index is 877. The molecule has 0 atom stereocenters. The fourth-order valence-electron chi connectivity index (χ4n) is 2.81. The third kappa shape index (κ3) is 3.33. The molecule has 2 aromatic heterocycles. The van der Waals surface area contributed by atoms with Crippen LogP contribution in [0.2, 0.25) is 0 Å². The maximum Gasteiger partial charge on any atom is 0.254 e. The number of furan rings is 1. The van der Waals surface area contributed by atoms with Gasteiger partial charge in [0.15, 0.2) is 0 Å². The Morgan fingerprint density at radius 1 is 1.20 bits per heavy atom. The minimum absolute atomic E-state index is 0.0364. The Hall–Kier alpha value is -3.28. The van der Waals surface area contributed by atoms with Crippen molar-refractivity contribution in [1.82, 2.24) is 10.3 Å². The number of ether oxygens (including phenoxy) is 1. The van der Waals surface area contributed by atoms with Gasteiger partial charge in [-0.25, -0.2) is 4.98 Å². The molecule has 4 rings (SSSR count). The van der Waals surface area contributed by atoms with E-state index < -0.39 is 0 Å². The number of para-hydroxylation sites is 1. The molecule has 0 fully saturated rings. The van der Waals surface area contributed by atoms with Crippen molar-refractivity contribution in [2.45, 2.75) is 13.2 Å². The van der Waals surface area contributed by atoms with E-state index in [1.165, 1.54) is 0 Å². The Morgan fingerprint density at radius 3 is 3.00 bits per heavy atom. The molecular weight excluding hydrogens is 318 g/mol. The van der Waals surface area contributed by atoms with Gasteiger partial charge in [0.25, 0.3) is 5.91 Å². The zero-order valence-corrected chi connectivity index (χ0v) is 13.5. The molecule has 0 bridgehead atoms. The van der Waals surface area contributed by atoms with E-state index in [9.17, 15) is 4.79 Å². The highest BCUT2D eigenvalue weighted by Crippen LogP contribution is 2.25. The molecule has 1 aliphatic rings. The second-order valence-electron chi connectivity index (χ2n) is 5.80. The van der Waals surface area contributed by atoms with Crippen molar-refractivity contribution >= 4 is 11.6 Å². The lowest BCUT2D eigenvalue weighted by molar-refractivity contribution is 0.0947. The Balaban J connectivity index is 1.49. The highest BCUT2D eigenvalue weighted by Gasteiger charge is 2.21. The Labute approximate surface area is 145 Å². The number of carbonyl (C=O) groups excluding carboxylic acids is 1. The molecule has 0 unspecified atom stereocenters. The third-order valence-corrected chi connectivity index (χ3v) is 4.06. The summed E-state index contributed by atoms with van der Waals surface area (Å²) in [6.45, 7) is 1.54. The lowest BCUT2D eigenvalue weighted by Gasteiger charge is -2.31. The first-order chi connectivity index (χ1) is 12.3. The van der Waals surface area contributed by atoms with Crippen LogP contribution in [-0.4, -0.2) is 17.6 Å². The number of amides is 1. The van der Waals surface area contributed by atoms with Crippen LogP contribution in [0.4, 0.5) is 5.69 Å². The Morgan fingerprint density at radius 2 is 2.12 bits per heavy atom. The number of rotatable bonds is 5. The van der Waals surface area contributed by atoms with Gasteiger partial charge in [-0.3, -0.25) is 4.79 Å². The van der Waals surface area contributed by atoms with Crippen molar-refractivity contribution in [1.29, 1.82) is 0 Å². The van der Waals surface area contributed by atoms with E-state index in [4.69, 9.17) is 9.15 Å². The number of hydrogen-bond donors (Lipinski definition) is 1. The normalized spacial score (nSPS) is 13.3. The molecule has 25 heavy (non-hydrogen) atoms. The third-order valence-electron chi connectivity index (χ3n) is 4.06. The summed E-state index contributed by atoms with van der Waals surface area (Å²) in [5, 5.41) is 2.90. The van der Waals surface area contributed by atoms with Gasteiger partial charge in [-0.05, 0) is 29.8 Å². The molecule has 1 amide bonds. The van der Waals surface area contributed by atoms with Gasteiger partial charge in [-0.15, -0.1) is 0 Å². The monoisotopic (exact) mass is 335 g/mol. The molecule has 0 saturated carbocycles. The molecule has 1 aromatic carbocycles. The number of hydrogen-bond acceptors (Lipinski definition) is 5. The summed E-state index contributed by atoms with van der Waals surface area (Å²) in [4.78, 5) is 18.3. The van der Waals surface area contributed by atoms with Crippen molar-refractivity contribution in [3.8, 4) is 5.88 Å². The highest BCUT2D eigenvalue weighted by atomic mass is 16.5. The van der Waals surface area contributed by atoms with Gasteiger partial charge in [0.1, 0.15) is 6.61 Å². The van der Waals surface area contributed by atoms with Crippen LogP contribution in [0, 0.1) is 0 Å². The zero-order valence-electron chi connectivity index (χ0n) is 13.5. The lowest BCUT2D eigenvalue weighted by atomic mass is 10.1. The van der Waals surface area contributed by atoms with Gasteiger partial charge in [-0.1, -0.05) is 12.1 Å². The lowest BCUT2D eigenvalue weighted by Crippen LogP contribution is -2.42. The largest absolute Gasteiger partial charge is 0.473 e. The average molecular weight is 335 g/mol. The molecule has 6 nitrogen and oxygen atoms in total. The van der Waals surface area contributed by atoms with Gasteiger partial charge in [0, 0.05) is 24.4 Å². The zero-order chi connectivity index (χ0) is 17.1. The molecule has 0 spiro atoms. The molecule has 0 radical (unpaired) electrons. The van der Waals surface area contributed by atoms with Crippen LogP contribution in [0.15, 0.2) is 65.6 Å². The summed E-state index contributed by atoms with van der Waals surface area (Å²) in [5.74, 6) is 0.527. The highest BCUT2D eigenvalue weighted by molar-refractivity contribution is 6.01. The molecule has 3 heterocycles. The van der Waals surface area contributed by atoms with E-state index in [1.54, 1.807) is 18.7 Å². The number of aromatic nitrogens is 1. The quantitative estimate of drug-likeness (QED) is 0.776. The van der Waals surface area contributed by atoms with Crippen molar-refractivity contribution in [3.63, 3.8) is 0 Å². The number of carbonyl (C=O) groups is 1. The molecule has 0 saturated heterocycles. The minimum atomic E-state index is -0.0364.